The molecule has 0 spiro atoms. The van der Waals surface area contributed by atoms with Crippen LogP contribution < -0.4 is 10.1 Å². The van der Waals surface area contributed by atoms with E-state index in [-0.39, 0.29) is 0 Å². The van der Waals surface area contributed by atoms with Gasteiger partial charge in [-0.05, 0) is 6.42 Å². The summed E-state index contributed by atoms with van der Waals surface area (Å²) in [7, 11) is 1.80. The molecule has 0 saturated carbocycles. The smallest absolute Gasteiger partial charge is 0.225 e. The summed E-state index contributed by atoms with van der Waals surface area (Å²) in [4.78, 5) is 8.21. The molecule has 0 aliphatic carbocycles. The molecule has 1 aromatic rings. The van der Waals surface area contributed by atoms with Crippen molar-refractivity contribution in [3.05, 3.63) is 12.3 Å². The quantitative estimate of drug-likeness (QED) is 0.688. The Balaban J connectivity index is 2.16. The highest BCUT2D eigenvalue weighted by molar-refractivity contribution is 5.25. The molecule has 1 rings (SSSR count). The Morgan fingerprint density at radius 3 is 2.81 bits per heavy atom. The van der Waals surface area contributed by atoms with Crippen LogP contribution in [-0.2, 0) is 0 Å². The summed E-state index contributed by atoms with van der Waals surface area (Å²) in [6.07, 6.45) is 7.92. The van der Waals surface area contributed by atoms with Gasteiger partial charge in [-0.15, -0.1) is 0 Å². The third-order valence-electron chi connectivity index (χ3n) is 2.35. The maximum absolute atomic E-state index is 5.54. The van der Waals surface area contributed by atoms with E-state index in [0.717, 1.165) is 13.0 Å². The van der Waals surface area contributed by atoms with Gasteiger partial charge in [0.1, 0.15) is 0 Å². The van der Waals surface area contributed by atoms with Gasteiger partial charge in [-0.25, -0.2) is 4.98 Å². The van der Waals surface area contributed by atoms with Crippen LogP contribution in [0.25, 0.3) is 0 Å². The zero-order chi connectivity index (χ0) is 11.6. The molecule has 4 heteroatoms. The summed E-state index contributed by atoms with van der Waals surface area (Å²) in [5.74, 6) is 1.25. The minimum absolute atomic E-state index is 0.600. The highest BCUT2D eigenvalue weighted by Gasteiger charge is 1.97. The largest absolute Gasteiger partial charge is 0.478 e. The van der Waals surface area contributed by atoms with E-state index in [1.807, 2.05) is 0 Å². The van der Waals surface area contributed by atoms with E-state index < -0.39 is 0 Å². The monoisotopic (exact) mass is 223 g/mol. The van der Waals surface area contributed by atoms with Crippen molar-refractivity contribution in [2.45, 2.75) is 39.0 Å². The minimum atomic E-state index is 0.600. The molecule has 1 heterocycles. The third kappa shape index (κ3) is 4.96. The first-order valence-electron chi connectivity index (χ1n) is 6.00. The summed E-state index contributed by atoms with van der Waals surface area (Å²) in [6.45, 7) is 2.96. The maximum Gasteiger partial charge on any atom is 0.225 e. The number of unbranched alkanes of at least 4 members (excludes halogenated alkanes) is 4. The Kier molecular flexibility index (Phi) is 6.30. The van der Waals surface area contributed by atoms with Gasteiger partial charge in [0.05, 0.1) is 6.61 Å². The molecule has 1 N–H and O–H groups in total. The lowest BCUT2D eigenvalue weighted by atomic mass is 10.2. The number of aromatic nitrogens is 2. The van der Waals surface area contributed by atoms with Crippen molar-refractivity contribution in [3.8, 4) is 5.88 Å². The van der Waals surface area contributed by atoms with Crippen LogP contribution in [0.15, 0.2) is 12.3 Å². The molecule has 0 radical (unpaired) electrons. The van der Waals surface area contributed by atoms with E-state index in [2.05, 4.69) is 22.2 Å². The number of nitrogens with one attached hydrogen (secondary N) is 1. The van der Waals surface area contributed by atoms with Gasteiger partial charge in [-0.2, -0.15) is 4.98 Å². The van der Waals surface area contributed by atoms with Crippen LogP contribution in [0.4, 0.5) is 5.95 Å². The first-order chi connectivity index (χ1) is 7.86. The minimum Gasteiger partial charge on any atom is -0.478 e. The Labute approximate surface area is 97.5 Å². The SMILES string of the molecule is CCCCCCCOc1ccnc(NC)n1. The molecule has 0 fully saturated rings. The van der Waals surface area contributed by atoms with E-state index >= 15 is 0 Å². The molecular formula is C12H21N3O. The van der Waals surface area contributed by atoms with Gasteiger partial charge in [-0.3, -0.25) is 0 Å². The zero-order valence-corrected chi connectivity index (χ0v) is 10.2. The number of rotatable bonds is 8. The zero-order valence-electron chi connectivity index (χ0n) is 10.2. The van der Waals surface area contributed by atoms with E-state index in [4.69, 9.17) is 4.74 Å². The second kappa shape index (κ2) is 7.91. The second-order valence-electron chi connectivity index (χ2n) is 3.73. The summed E-state index contributed by atoms with van der Waals surface area (Å²) >= 11 is 0. The summed E-state index contributed by atoms with van der Waals surface area (Å²) in [5, 5.41) is 2.88. The third-order valence-corrected chi connectivity index (χ3v) is 2.35. The molecule has 0 unspecified atom stereocenters. The number of nitrogens with zero attached hydrogens (tertiary/aromatic N) is 2. The van der Waals surface area contributed by atoms with Crippen molar-refractivity contribution in [2.24, 2.45) is 0 Å². The van der Waals surface area contributed by atoms with Crippen molar-refractivity contribution < 1.29 is 4.74 Å². The molecule has 0 bridgehead atoms. The van der Waals surface area contributed by atoms with E-state index in [0.29, 0.717) is 11.8 Å². The van der Waals surface area contributed by atoms with Crippen LogP contribution in [-0.4, -0.2) is 23.6 Å². The van der Waals surface area contributed by atoms with Gasteiger partial charge in [0.2, 0.25) is 11.8 Å². The summed E-state index contributed by atoms with van der Waals surface area (Å²) in [6, 6.07) is 1.78. The van der Waals surface area contributed by atoms with Crippen molar-refractivity contribution in [2.75, 3.05) is 19.0 Å². The summed E-state index contributed by atoms with van der Waals surface area (Å²) < 4.78 is 5.54. The van der Waals surface area contributed by atoms with Crippen LogP contribution in [0, 0.1) is 0 Å². The highest BCUT2D eigenvalue weighted by atomic mass is 16.5. The first kappa shape index (κ1) is 12.7. The van der Waals surface area contributed by atoms with Crippen molar-refractivity contribution in [1.29, 1.82) is 0 Å². The average Bonchev–Trinajstić information content (AvgIpc) is 2.34. The molecule has 0 saturated heterocycles. The molecule has 0 aliphatic heterocycles. The molecule has 0 aromatic carbocycles. The van der Waals surface area contributed by atoms with Gasteiger partial charge >= 0.3 is 0 Å². The van der Waals surface area contributed by atoms with Crippen molar-refractivity contribution in [1.82, 2.24) is 9.97 Å². The molecule has 90 valence electrons. The number of ether oxygens (including phenoxy) is 1. The molecule has 4 nitrogen and oxygen atoms in total. The highest BCUT2D eigenvalue weighted by Crippen LogP contribution is 2.09. The number of hydrogen-bond acceptors (Lipinski definition) is 4. The summed E-state index contributed by atoms with van der Waals surface area (Å²) in [5.41, 5.74) is 0. The van der Waals surface area contributed by atoms with Gasteiger partial charge in [0.25, 0.3) is 0 Å². The van der Waals surface area contributed by atoms with Gasteiger partial charge in [-0.1, -0.05) is 32.6 Å². The molecule has 0 atom stereocenters. The fourth-order valence-electron chi connectivity index (χ4n) is 1.43. The fourth-order valence-corrected chi connectivity index (χ4v) is 1.43. The van der Waals surface area contributed by atoms with Gasteiger partial charge in [0, 0.05) is 19.3 Å². The lowest BCUT2D eigenvalue weighted by molar-refractivity contribution is 0.293. The van der Waals surface area contributed by atoms with Gasteiger partial charge < -0.3 is 10.1 Å². The normalized spacial score (nSPS) is 10.1. The van der Waals surface area contributed by atoms with E-state index in [1.165, 1.54) is 25.7 Å². The topological polar surface area (TPSA) is 47.0 Å². The van der Waals surface area contributed by atoms with E-state index in [9.17, 15) is 0 Å². The number of hydrogen-bond donors (Lipinski definition) is 1. The van der Waals surface area contributed by atoms with Crippen LogP contribution >= 0.6 is 0 Å². The Bertz CT molecular complexity index is 291. The lowest BCUT2D eigenvalue weighted by Crippen LogP contribution is -2.02. The standard InChI is InChI=1S/C12H21N3O/c1-3-4-5-6-7-10-16-11-8-9-14-12(13-2)15-11/h8-9H,3-7,10H2,1-2H3,(H,13,14,15). The average molecular weight is 223 g/mol. The Morgan fingerprint density at radius 2 is 2.06 bits per heavy atom. The van der Waals surface area contributed by atoms with E-state index in [1.54, 1.807) is 19.3 Å². The Hall–Kier alpha value is -1.32. The van der Waals surface area contributed by atoms with Crippen LogP contribution in [0.2, 0.25) is 0 Å². The molecule has 0 amide bonds. The molecule has 1 aromatic heterocycles. The Morgan fingerprint density at radius 1 is 1.25 bits per heavy atom. The lowest BCUT2D eigenvalue weighted by Gasteiger charge is -2.05. The van der Waals surface area contributed by atoms with Gasteiger partial charge in [0.15, 0.2) is 0 Å². The van der Waals surface area contributed by atoms with Crippen LogP contribution in [0.5, 0.6) is 5.88 Å². The number of anilines is 1. The van der Waals surface area contributed by atoms with Crippen molar-refractivity contribution in [3.63, 3.8) is 0 Å². The van der Waals surface area contributed by atoms with Crippen LogP contribution in [0.1, 0.15) is 39.0 Å². The predicted octanol–water partition coefficient (Wildman–Crippen LogP) is 2.87. The molecule has 0 aliphatic rings. The second-order valence-corrected chi connectivity index (χ2v) is 3.73. The van der Waals surface area contributed by atoms with Crippen LogP contribution in [0.3, 0.4) is 0 Å². The molecule has 16 heavy (non-hydrogen) atoms. The molecular weight excluding hydrogens is 202 g/mol. The first-order valence-corrected chi connectivity index (χ1v) is 6.00. The maximum atomic E-state index is 5.54. The predicted molar refractivity (Wildman–Crippen MR) is 65.8 cm³/mol. The fraction of sp³-hybridized carbons (Fsp3) is 0.667. The van der Waals surface area contributed by atoms with Crippen molar-refractivity contribution >= 4 is 5.95 Å².